The number of hydrogen-bond donors (Lipinski definition) is 1. The van der Waals surface area contributed by atoms with Crippen LogP contribution in [0.25, 0.3) is 0 Å². The predicted octanol–water partition coefficient (Wildman–Crippen LogP) is 2.67. The number of hydrogen-bond acceptors (Lipinski definition) is 4. The van der Waals surface area contributed by atoms with Crippen LogP contribution in [0.1, 0.15) is 10.6 Å². The van der Waals surface area contributed by atoms with Crippen LogP contribution in [0.5, 0.6) is 0 Å². The summed E-state index contributed by atoms with van der Waals surface area (Å²) in [4.78, 5) is 16.3. The first-order chi connectivity index (χ1) is 8.65. The van der Waals surface area contributed by atoms with Crippen LogP contribution in [-0.4, -0.2) is 26.4 Å². The smallest absolute Gasteiger partial charge is 0.313 e. The van der Waals surface area contributed by atoms with Gasteiger partial charge in [-0.15, -0.1) is 11.3 Å². The van der Waals surface area contributed by atoms with Crippen LogP contribution < -0.4 is 0 Å². The quantitative estimate of drug-likeness (QED) is 0.828. The van der Waals surface area contributed by atoms with Crippen molar-refractivity contribution in [3.8, 4) is 0 Å². The molecule has 0 aromatic carbocycles. The first kappa shape index (κ1) is 13.2. The number of aromatic nitrogens is 2. The Morgan fingerprint density at radius 2 is 2.44 bits per heavy atom. The lowest BCUT2D eigenvalue weighted by Crippen LogP contribution is -2.04. The zero-order valence-corrected chi connectivity index (χ0v) is 11.6. The van der Waals surface area contributed by atoms with E-state index in [2.05, 4.69) is 16.4 Å². The molecule has 2 rings (SSSR count). The van der Waals surface area contributed by atoms with Gasteiger partial charge in [-0.25, -0.2) is 4.98 Å². The molecule has 2 aromatic rings. The van der Waals surface area contributed by atoms with Gasteiger partial charge in [0.05, 0.1) is 11.4 Å². The van der Waals surface area contributed by atoms with Crippen LogP contribution in [0.4, 0.5) is 0 Å². The molecular formula is C12H14N2O2S2. The third-order valence-electron chi connectivity index (χ3n) is 2.36. The first-order valence-corrected chi connectivity index (χ1v) is 7.42. The fourth-order valence-corrected chi connectivity index (χ4v) is 3.08. The van der Waals surface area contributed by atoms with E-state index in [1.165, 1.54) is 16.6 Å². The average Bonchev–Trinajstić information content (AvgIpc) is 2.92. The third kappa shape index (κ3) is 3.61. The Kier molecular flexibility index (Phi) is 4.43. The third-order valence-corrected chi connectivity index (χ3v) is 4.28. The van der Waals surface area contributed by atoms with Gasteiger partial charge in [0, 0.05) is 17.6 Å². The van der Waals surface area contributed by atoms with Crippen LogP contribution in [0, 0.1) is 6.92 Å². The van der Waals surface area contributed by atoms with Crippen LogP contribution in [0.15, 0.2) is 28.9 Å². The number of thiophene rings is 1. The van der Waals surface area contributed by atoms with E-state index in [1.807, 2.05) is 23.8 Å². The number of rotatable bonds is 6. The van der Waals surface area contributed by atoms with Crippen molar-refractivity contribution < 1.29 is 9.90 Å². The highest BCUT2D eigenvalue weighted by Gasteiger charge is 2.08. The molecule has 4 nitrogen and oxygen atoms in total. The number of nitrogens with zero attached hydrogens (tertiary/aromatic N) is 2. The molecule has 6 heteroatoms. The Balaban J connectivity index is 2.00. The van der Waals surface area contributed by atoms with Gasteiger partial charge in [0.15, 0.2) is 5.16 Å². The Hall–Kier alpha value is -1.27. The first-order valence-electron chi connectivity index (χ1n) is 5.56. The molecule has 0 atom stereocenters. The second kappa shape index (κ2) is 6.06. The van der Waals surface area contributed by atoms with Gasteiger partial charge >= 0.3 is 5.97 Å². The molecule has 0 aliphatic carbocycles. The summed E-state index contributed by atoms with van der Waals surface area (Å²) in [5.41, 5.74) is 0.925. The summed E-state index contributed by atoms with van der Waals surface area (Å²) < 4.78 is 2.03. The number of carbonyl (C=O) groups is 1. The fourth-order valence-electron chi connectivity index (χ4n) is 1.61. The molecule has 0 amide bonds. The molecule has 1 N–H and O–H groups in total. The highest BCUT2D eigenvalue weighted by atomic mass is 32.2. The van der Waals surface area contributed by atoms with Crippen molar-refractivity contribution in [2.75, 3.05) is 5.75 Å². The molecule has 0 saturated heterocycles. The largest absolute Gasteiger partial charge is 0.481 e. The highest BCUT2D eigenvalue weighted by molar-refractivity contribution is 7.99. The van der Waals surface area contributed by atoms with E-state index in [-0.39, 0.29) is 5.75 Å². The van der Waals surface area contributed by atoms with Gasteiger partial charge in [-0.1, -0.05) is 17.8 Å². The SMILES string of the molecule is Cc1cn(CCc2cccs2)c(SCC(=O)O)n1. The molecule has 0 saturated carbocycles. The van der Waals surface area contributed by atoms with Gasteiger partial charge in [-0.3, -0.25) is 4.79 Å². The minimum absolute atomic E-state index is 0.0510. The lowest BCUT2D eigenvalue weighted by atomic mass is 10.3. The molecule has 0 aliphatic heterocycles. The number of aryl methyl sites for hydroxylation is 3. The summed E-state index contributed by atoms with van der Waals surface area (Å²) in [6.45, 7) is 2.76. The maximum atomic E-state index is 10.6. The standard InChI is InChI=1S/C12H14N2O2S2/c1-9-7-14(5-4-10-3-2-6-17-10)12(13-9)18-8-11(15)16/h2-3,6-7H,4-5,8H2,1H3,(H,15,16). The van der Waals surface area contributed by atoms with E-state index in [0.717, 1.165) is 23.8 Å². The van der Waals surface area contributed by atoms with Crippen molar-refractivity contribution in [3.63, 3.8) is 0 Å². The minimum Gasteiger partial charge on any atom is -0.481 e. The van der Waals surface area contributed by atoms with E-state index < -0.39 is 5.97 Å². The summed E-state index contributed by atoms with van der Waals surface area (Å²) in [6.07, 6.45) is 2.92. The van der Waals surface area contributed by atoms with Crippen LogP contribution in [0.2, 0.25) is 0 Å². The minimum atomic E-state index is -0.814. The maximum Gasteiger partial charge on any atom is 0.313 e. The second-order valence-electron chi connectivity index (χ2n) is 3.87. The Morgan fingerprint density at radius 3 is 3.11 bits per heavy atom. The highest BCUT2D eigenvalue weighted by Crippen LogP contribution is 2.19. The molecule has 0 radical (unpaired) electrons. The number of aliphatic carboxylic acids is 1. The van der Waals surface area contributed by atoms with Crippen molar-refractivity contribution in [1.29, 1.82) is 0 Å². The van der Waals surface area contributed by atoms with Gasteiger partial charge in [-0.05, 0) is 24.8 Å². The molecule has 0 aliphatic rings. The summed E-state index contributed by atoms with van der Waals surface area (Å²) >= 11 is 3.01. The number of carboxylic acids is 1. The summed E-state index contributed by atoms with van der Waals surface area (Å²) in [6, 6.07) is 4.15. The van der Waals surface area contributed by atoms with Gasteiger partial charge in [0.2, 0.25) is 0 Å². The van der Waals surface area contributed by atoms with E-state index in [1.54, 1.807) is 11.3 Å². The van der Waals surface area contributed by atoms with Crippen molar-refractivity contribution in [3.05, 3.63) is 34.3 Å². The van der Waals surface area contributed by atoms with Crippen LogP contribution in [-0.2, 0) is 17.8 Å². The fraction of sp³-hybridized carbons (Fsp3) is 0.333. The average molecular weight is 282 g/mol. The van der Waals surface area contributed by atoms with Crippen molar-refractivity contribution >= 4 is 29.1 Å². The molecule has 0 spiro atoms. The van der Waals surface area contributed by atoms with Gasteiger partial charge < -0.3 is 9.67 Å². The number of carboxylic acid groups (broad SMARTS) is 1. The summed E-state index contributed by atoms with van der Waals surface area (Å²) in [5, 5.41) is 11.5. The van der Waals surface area contributed by atoms with Gasteiger partial charge in [0.25, 0.3) is 0 Å². The van der Waals surface area contributed by atoms with Crippen molar-refractivity contribution in [1.82, 2.24) is 9.55 Å². The van der Waals surface area contributed by atoms with Crippen molar-refractivity contribution in [2.45, 2.75) is 25.0 Å². The Bertz CT molecular complexity index is 520. The number of thioether (sulfide) groups is 1. The molecule has 96 valence electrons. The monoisotopic (exact) mass is 282 g/mol. The Morgan fingerprint density at radius 1 is 1.61 bits per heavy atom. The normalized spacial score (nSPS) is 10.7. The molecule has 2 aromatic heterocycles. The lowest BCUT2D eigenvalue weighted by molar-refractivity contribution is -0.133. The zero-order chi connectivity index (χ0) is 13.0. The van der Waals surface area contributed by atoms with Crippen LogP contribution >= 0.6 is 23.1 Å². The predicted molar refractivity (Wildman–Crippen MR) is 73.3 cm³/mol. The molecule has 0 fully saturated rings. The zero-order valence-electron chi connectivity index (χ0n) is 10.00. The van der Waals surface area contributed by atoms with Gasteiger partial charge in [-0.2, -0.15) is 0 Å². The van der Waals surface area contributed by atoms with E-state index in [0.29, 0.717) is 0 Å². The topological polar surface area (TPSA) is 55.1 Å². The Labute approximate surface area is 114 Å². The molecule has 2 heterocycles. The second-order valence-corrected chi connectivity index (χ2v) is 5.84. The van der Waals surface area contributed by atoms with Crippen LogP contribution in [0.3, 0.4) is 0 Å². The summed E-state index contributed by atoms with van der Waals surface area (Å²) in [7, 11) is 0. The molecule has 0 bridgehead atoms. The lowest BCUT2D eigenvalue weighted by Gasteiger charge is -2.05. The van der Waals surface area contributed by atoms with Crippen molar-refractivity contribution in [2.24, 2.45) is 0 Å². The van der Waals surface area contributed by atoms with E-state index in [4.69, 9.17) is 5.11 Å². The summed E-state index contributed by atoms with van der Waals surface area (Å²) in [5.74, 6) is -0.763. The molecule has 18 heavy (non-hydrogen) atoms. The molecular weight excluding hydrogens is 268 g/mol. The molecule has 0 unspecified atom stereocenters. The van der Waals surface area contributed by atoms with E-state index in [9.17, 15) is 4.79 Å². The van der Waals surface area contributed by atoms with Gasteiger partial charge in [0.1, 0.15) is 0 Å². The number of imidazole rings is 1. The maximum absolute atomic E-state index is 10.6. The van der Waals surface area contributed by atoms with E-state index >= 15 is 0 Å².